The molecule has 4 aromatic rings. The van der Waals surface area contributed by atoms with E-state index < -0.39 is 0 Å². The summed E-state index contributed by atoms with van der Waals surface area (Å²) in [6, 6.07) is 4.29. The van der Waals surface area contributed by atoms with Crippen molar-refractivity contribution in [1.29, 1.82) is 0 Å². The Balaban J connectivity index is 1.33. The molecule has 0 bridgehead atoms. The lowest BCUT2D eigenvalue weighted by Gasteiger charge is -2.07. The summed E-state index contributed by atoms with van der Waals surface area (Å²) in [4.78, 5) is 20.7. The number of nitrogens with zero attached hydrogens (tertiary/aromatic N) is 6. The number of hydrogen-bond donors (Lipinski definition) is 1. The van der Waals surface area contributed by atoms with Crippen LogP contribution in [0.2, 0.25) is 0 Å². The molecule has 0 aliphatic heterocycles. The van der Waals surface area contributed by atoms with Crippen LogP contribution in [0.25, 0.3) is 11.3 Å². The number of hydrogen-bond acceptors (Lipinski definition) is 9. The molecule has 11 heteroatoms. The lowest BCUT2D eigenvalue weighted by molar-refractivity contribution is -0.113. The molecule has 0 fully saturated rings. The molecule has 1 N–H and O–H groups in total. The van der Waals surface area contributed by atoms with Gasteiger partial charge in [0.15, 0.2) is 5.13 Å². The summed E-state index contributed by atoms with van der Waals surface area (Å²) in [5.74, 6) is 0.355. The molecule has 3 heterocycles. The first-order valence-electron chi connectivity index (χ1n) is 9.09. The first-order chi connectivity index (χ1) is 14.5. The van der Waals surface area contributed by atoms with E-state index in [-0.39, 0.29) is 11.7 Å². The number of thiazole rings is 1. The van der Waals surface area contributed by atoms with Gasteiger partial charge in [-0.2, -0.15) is 5.10 Å². The van der Waals surface area contributed by atoms with Gasteiger partial charge in [0.1, 0.15) is 19.2 Å². The number of carbonyl (C=O) groups excluding carboxylic acids is 1. The van der Waals surface area contributed by atoms with Gasteiger partial charge in [-0.25, -0.2) is 14.6 Å². The van der Waals surface area contributed by atoms with Gasteiger partial charge in [0, 0.05) is 10.9 Å². The molecule has 4 rings (SSSR count). The van der Waals surface area contributed by atoms with E-state index >= 15 is 0 Å². The molecule has 0 atom stereocenters. The second kappa shape index (κ2) is 8.76. The van der Waals surface area contributed by atoms with E-state index in [2.05, 4.69) is 63.5 Å². The van der Waals surface area contributed by atoms with Crippen molar-refractivity contribution in [3.8, 4) is 11.3 Å². The SMILES string of the molecule is Cc1cc(C)c(-c2csc(NC(=O)CSc3nnc(Cn4cncn4)o3)n2)cc1C. The molecular weight excluding hydrogens is 422 g/mol. The Morgan fingerprint density at radius 1 is 1.20 bits per heavy atom. The van der Waals surface area contributed by atoms with Crippen LogP contribution < -0.4 is 5.32 Å². The summed E-state index contributed by atoms with van der Waals surface area (Å²) in [5.41, 5.74) is 5.57. The summed E-state index contributed by atoms with van der Waals surface area (Å²) < 4.78 is 7.09. The maximum absolute atomic E-state index is 12.3. The first-order valence-corrected chi connectivity index (χ1v) is 11.0. The van der Waals surface area contributed by atoms with Crippen LogP contribution in [0, 0.1) is 20.8 Å². The Morgan fingerprint density at radius 2 is 2.03 bits per heavy atom. The van der Waals surface area contributed by atoms with E-state index in [1.54, 1.807) is 11.0 Å². The van der Waals surface area contributed by atoms with E-state index in [9.17, 15) is 4.79 Å². The largest absolute Gasteiger partial charge is 0.414 e. The Morgan fingerprint density at radius 3 is 2.83 bits per heavy atom. The number of aryl methyl sites for hydroxylation is 3. The van der Waals surface area contributed by atoms with Crippen molar-refractivity contribution >= 4 is 34.1 Å². The third-order valence-electron chi connectivity index (χ3n) is 4.41. The van der Waals surface area contributed by atoms with E-state index in [0.717, 1.165) is 16.8 Å². The molecule has 9 nitrogen and oxygen atoms in total. The molecule has 0 spiro atoms. The van der Waals surface area contributed by atoms with Crippen LogP contribution in [-0.2, 0) is 11.3 Å². The maximum Gasteiger partial charge on any atom is 0.277 e. The fraction of sp³-hybridized carbons (Fsp3) is 0.263. The van der Waals surface area contributed by atoms with Crippen molar-refractivity contribution in [3.63, 3.8) is 0 Å². The van der Waals surface area contributed by atoms with Crippen LogP contribution >= 0.6 is 23.1 Å². The van der Waals surface area contributed by atoms with Crippen molar-refractivity contribution in [2.24, 2.45) is 0 Å². The fourth-order valence-corrected chi connectivity index (χ4v) is 4.09. The minimum atomic E-state index is -0.186. The van der Waals surface area contributed by atoms with Crippen molar-refractivity contribution < 1.29 is 9.21 Å². The fourth-order valence-electron chi connectivity index (χ4n) is 2.79. The van der Waals surface area contributed by atoms with Crippen LogP contribution in [0.1, 0.15) is 22.6 Å². The normalized spacial score (nSPS) is 11.0. The number of aromatic nitrogens is 6. The van der Waals surface area contributed by atoms with Gasteiger partial charge < -0.3 is 9.73 Å². The quantitative estimate of drug-likeness (QED) is 0.434. The number of benzene rings is 1. The standard InChI is InChI=1S/C19H19N7O2S2/c1-11-4-13(3)14(5-12(11)2)15-7-29-18(22-15)23-16(27)8-30-19-25-24-17(28-19)6-26-10-20-9-21-26/h4-5,7,9-10H,6,8H2,1-3H3,(H,22,23,27). The van der Waals surface area contributed by atoms with E-state index in [0.29, 0.717) is 22.8 Å². The van der Waals surface area contributed by atoms with E-state index in [4.69, 9.17) is 4.42 Å². The molecule has 0 aliphatic carbocycles. The van der Waals surface area contributed by atoms with Gasteiger partial charge in [-0.1, -0.05) is 17.8 Å². The van der Waals surface area contributed by atoms with Crippen molar-refractivity contribution in [2.75, 3.05) is 11.1 Å². The van der Waals surface area contributed by atoms with Gasteiger partial charge in [-0.05, 0) is 43.5 Å². The average molecular weight is 442 g/mol. The molecular formula is C19H19N7O2S2. The van der Waals surface area contributed by atoms with E-state index in [1.807, 2.05) is 5.38 Å². The number of rotatable bonds is 7. The van der Waals surface area contributed by atoms with Crippen LogP contribution in [0.4, 0.5) is 5.13 Å². The third kappa shape index (κ3) is 4.74. The number of nitrogens with one attached hydrogen (secondary N) is 1. The summed E-state index contributed by atoms with van der Waals surface area (Å²) in [7, 11) is 0. The zero-order chi connectivity index (χ0) is 21.1. The minimum Gasteiger partial charge on any atom is -0.414 e. The Bertz CT molecular complexity index is 1170. The van der Waals surface area contributed by atoms with Crippen LogP contribution in [0.15, 0.2) is 39.8 Å². The number of carbonyl (C=O) groups is 1. The lowest BCUT2D eigenvalue weighted by atomic mass is 9.99. The van der Waals surface area contributed by atoms with Gasteiger partial charge in [-0.3, -0.25) is 4.79 Å². The lowest BCUT2D eigenvalue weighted by Crippen LogP contribution is -2.13. The molecule has 0 saturated heterocycles. The minimum absolute atomic E-state index is 0.141. The van der Waals surface area contributed by atoms with Crippen LogP contribution in [-0.4, -0.2) is 41.6 Å². The highest BCUT2D eigenvalue weighted by atomic mass is 32.2. The Labute approximate surface area is 181 Å². The molecule has 1 aromatic carbocycles. The molecule has 30 heavy (non-hydrogen) atoms. The molecule has 0 aliphatic rings. The summed E-state index contributed by atoms with van der Waals surface area (Å²) >= 11 is 2.57. The molecule has 0 saturated carbocycles. The topological polar surface area (TPSA) is 112 Å². The summed E-state index contributed by atoms with van der Waals surface area (Å²) in [5, 5.41) is 17.5. The number of amides is 1. The molecule has 0 unspecified atom stereocenters. The average Bonchev–Trinajstić information content (AvgIpc) is 3.46. The Kier molecular flexibility index (Phi) is 5.91. The first kappa shape index (κ1) is 20.2. The predicted molar refractivity (Wildman–Crippen MR) is 115 cm³/mol. The van der Waals surface area contributed by atoms with Gasteiger partial charge >= 0.3 is 0 Å². The summed E-state index contributed by atoms with van der Waals surface area (Å²) in [6.07, 6.45) is 2.99. The van der Waals surface area contributed by atoms with E-state index in [1.165, 1.54) is 40.6 Å². The van der Waals surface area contributed by atoms with Crippen molar-refractivity contribution in [2.45, 2.75) is 32.5 Å². The highest BCUT2D eigenvalue weighted by Crippen LogP contribution is 2.29. The number of anilines is 1. The molecule has 1 amide bonds. The molecule has 3 aromatic heterocycles. The van der Waals surface area contributed by atoms with Gasteiger partial charge in [-0.15, -0.1) is 21.5 Å². The highest BCUT2D eigenvalue weighted by Gasteiger charge is 2.13. The predicted octanol–water partition coefficient (Wildman–Crippen LogP) is 3.49. The third-order valence-corrected chi connectivity index (χ3v) is 5.98. The van der Waals surface area contributed by atoms with Crippen LogP contribution in [0.3, 0.4) is 0 Å². The zero-order valence-electron chi connectivity index (χ0n) is 16.6. The molecule has 154 valence electrons. The maximum atomic E-state index is 12.3. The van der Waals surface area contributed by atoms with Gasteiger partial charge in [0.05, 0.1) is 11.4 Å². The second-order valence-electron chi connectivity index (χ2n) is 6.68. The van der Waals surface area contributed by atoms with Crippen LogP contribution in [0.5, 0.6) is 0 Å². The Hall–Kier alpha value is -3.05. The second-order valence-corrected chi connectivity index (χ2v) is 8.47. The van der Waals surface area contributed by atoms with Gasteiger partial charge in [0.2, 0.25) is 11.8 Å². The number of thioether (sulfide) groups is 1. The monoisotopic (exact) mass is 441 g/mol. The van der Waals surface area contributed by atoms with Gasteiger partial charge in [0.25, 0.3) is 5.22 Å². The molecule has 0 radical (unpaired) electrons. The van der Waals surface area contributed by atoms with Crippen molar-refractivity contribution in [3.05, 3.63) is 52.7 Å². The van der Waals surface area contributed by atoms with Crippen molar-refractivity contribution in [1.82, 2.24) is 29.9 Å². The smallest absolute Gasteiger partial charge is 0.277 e. The summed E-state index contributed by atoms with van der Waals surface area (Å²) in [6.45, 7) is 6.58. The highest BCUT2D eigenvalue weighted by molar-refractivity contribution is 7.99. The zero-order valence-corrected chi connectivity index (χ0v) is 18.3.